The third-order valence-electron chi connectivity index (χ3n) is 11.1. The van der Waals surface area contributed by atoms with E-state index in [1.165, 1.54) is 257 Å². The molecular formula is C46H91N2+. The van der Waals surface area contributed by atoms with Crippen LogP contribution < -0.4 is 4.57 Å². The molecule has 1 aromatic heterocycles. The first kappa shape index (κ1) is 45.2. The molecule has 0 radical (unpaired) electrons. The van der Waals surface area contributed by atoms with Crippen molar-refractivity contribution in [1.82, 2.24) is 4.57 Å². The standard InChI is InChI=1S/C46H91N2/c1-4-7-10-13-16-19-22-25-26-29-32-35-38-41-46-47(42-39-36-33-30-27-23-20-17-14-11-8-5-2)44-45-48(46)43-40-37-34-31-28-24-21-18-15-12-9-6-3/h44-45H,4-43H2,1-3H3/q+1. The van der Waals surface area contributed by atoms with Crippen LogP contribution in [0.15, 0.2) is 12.4 Å². The molecule has 0 spiro atoms. The minimum absolute atomic E-state index is 1.23. The number of rotatable bonds is 40. The molecule has 2 nitrogen and oxygen atoms in total. The lowest BCUT2D eigenvalue weighted by Crippen LogP contribution is -2.37. The lowest BCUT2D eigenvalue weighted by atomic mass is 10.0. The van der Waals surface area contributed by atoms with Crippen LogP contribution in [0.3, 0.4) is 0 Å². The fraction of sp³-hybridized carbons (Fsp3) is 0.935. The highest BCUT2D eigenvalue weighted by Crippen LogP contribution is 2.16. The molecule has 0 aliphatic rings. The fourth-order valence-electron chi connectivity index (χ4n) is 7.74. The normalized spacial score (nSPS) is 11.6. The Morgan fingerprint density at radius 2 is 0.646 bits per heavy atom. The Morgan fingerprint density at radius 1 is 0.354 bits per heavy atom. The molecule has 0 aliphatic heterocycles. The van der Waals surface area contributed by atoms with Gasteiger partial charge in [0.25, 0.3) is 5.82 Å². The predicted octanol–water partition coefficient (Wildman–Crippen LogP) is 15.8. The molecule has 0 amide bonds. The Kier molecular flexibility index (Phi) is 35.3. The molecule has 0 atom stereocenters. The van der Waals surface area contributed by atoms with Crippen molar-refractivity contribution in [3.05, 3.63) is 18.2 Å². The van der Waals surface area contributed by atoms with Crippen LogP contribution in [0.25, 0.3) is 0 Å². The molecule has 284 valence electrons. The molecule has 48 heavy (non-hydrogen) atoms. The molecule has 1 heterocycles. The quantitative estimate of drug-likeness (QED) is 0.0485. The van der Waals surface area contributed by atoms with Gasteiger partial charge in [-0.1, -0.05) is 226 Å². The SMILES string of the molecule is CCCCCCCCCCCCCCCc1n(CCCCCCCCCCCCCC)cc[n+]1CCCCCCCCCCCCCC. The van der Waals surface area contributed by atoms with Gasteiger partial charge in [-0.2, -0.15) is 0 Å². The smallest absolute Gasteiger partial charge is 0.234 e. The molecule has 0 aliphatic carbocycles. The molecule has 0 unspecified atom stereocenters. The fourth-order valence-corrected chi connectivity index (χ4v) is 7.74. The average molecular weight is 672 g/mol. The van der Waals surface area contributed by atoms with Crippen LogP contribution in [0.2, 0.25) is 0 Å². The van der Waals surface area contributed by atoms with Crippen molar-refractivity contribution in [3.8, 4) is 0 Å². The minimum atomic E-state index is 1.23. The summed E-state index contributed by atoms with van der Waals surface area (Å²) in [6.07, 6.45) is 59.3. The second kappa shape index (κ2) is 37.5. The highest BCUT2D eigenvalue weighted by atomic mass is 15.1. The van der Waals surface area contributed by atoms with E-state index in [1.807, 2.05) is 0 Å². The van der Waals surface area contributed by atoms with Crippen molar-refractivity contribution in [2.45, 2.75) is 278 Å². The number of nitrogens with zero attached hydrogens (tertiary/aromatic N) is 2. The van der Waals surface area contributed by atoms with Crippen LogP contribution in [0.1, 0.15) is 264 Å². The maximum atomic E-state index is 2.65. The number of unbranched alkanes of at least 4 members (excludes halogenated alkanes) is 34. The first-order chi connectivity index (χ1) is 23.8. The second-order valence-corrected chi connectivity index (χ2v) is 15.9. The summed E-state index contributed by atoms with van der Waals surface area (Å²) in [6.45, 7) is 9.41. The minimum Gasteiger partial charge on any atom is -0.234 e. The van der Waals surface area contributed by atoms with Crippen molar-refractivity contribution in [1.29, 1.82) is 0 Å². The highest BCUT2D eigenvalue weighted by molar-refractivity contribution is 4.84. The summed E-state index contributed by atoms with van der Waals surface area (Å²) in [4.78, 5) is 0. The van der Waals surface area contributed by atoms with Gasteiger partial charge in [0.2, 0.25) is 0 Å². The van der Waals surface area contributed by atoms with E-state index in [4.69, 9.17) is 0 Å². The molecule has 0 saturated heterocycles. The lowest BCUT2D eigenvalue weighted by molar-refractivity contribution is -0.704. The summed E-state index contributed by atoms with van der Waals surface area (Å²) in [5.41, 5.74) is 0. The first-order valence-corrected chi connectivity index (χ1v) is 22.9. The summed E-state index contributed by atoms with van der Waals surface area (Å²) >= 11 is 0. The van der Waals surface area contributed by atoms with Gasteiger partial charge in [0.05, 0.1) is 13.1 Å². The summed E-state index contributed by atoms with van der Waals surface area (Å²) in [5, 5.41) is 0. The van der Waals surface area contributed by atoms with Gasteiger partial charge in [-0.3, -0.25) is 0 Å². The van der Waals surface area contributed by atoms with E-state index in [0.29, 0.717) is 0 Å². The van der Waals surface area contributed by atoms with Crippen molar-refractivity contribution in [2.24, 2.45) is 0 Å². The Bertz CT molecular complexity index is 691. The van der Waals surface area contributed by atoms with Gasteiger partial charge in [-0.25, -0.2) is 9.13 Å². The predicted molar refractivity (Wildman–Crippen MR) is 216 cm³/mol. The zero-order valence-corrected chi connectivity index (χ0v) is 33.8. The molecule has 2 heteroatoms. The van der Waals surface area contributed by atoms with Crippen molar-refractivity contribution in [3.63, 3.8) is 0 Å². The molecule has 1 aromatic rings. The van der Waals surface area contributed by atoms with Crippen LogP contribution in [-0.4, -0.2) is 4.57 Å². The van der Waals surface area contributed by atoms with Crippen LogP contribution >= 0.6 is 0 Å². The van der Waals surface area contributed by atoms with E-state index in [9.17, 15) is 0 Å². The van der Waals surface area contributed by atoms with Crippen LogP contribution in [0, 0.1) is 0 Å². The third kappa shape index (κ3) is 29.0. The largest absolute Gasteiger partial charge is 0.256 e. The molecule has 0 bridgehead atoms. The summed E-state index contributed by atoms with van der Waals surface area (Å²) in [6, 6.07) is 0. The monoisotopic (exact) mass is 672 g/mol. The average Bonchev–Trinajstić information content (AvgIpc) is 3.48. The van der Waals surface area contributed by atoms with E-state index >= 15 is 0 Å². The topological polar surface area (TPSA) is 8.81 Å². The highest BCUT2D eigenvalue weighted by Gasteiger charge is 2.16. The molecule has 0 aromatic carbocycles. The first-order valence-electron chi connectivity index (χ1n) is 22.9. The Hall–Kier alpha value is -0.790. The van der Waals surface area contributed by atoms with Gasteiger partial charge < -0.3 is 0 Å². The number of hydrogen-bond acceptors (Lipinski definition) is 0. The molecule has 0 N–H and O–H groups in total. The van der Waals surface area contributed by atoms with Gasteiger partial charge in [0.15, 0.2) is 0 Å². The number of aryl methyl sites for hydroxylation is 2. The Balaban J connectivity index is 2.29. The lowest BCUT2D eigenvalue weighted by Gasteiger charge is -2.07. The zero-order valence-electron chi connectivity index (χ0n) is 33.8. The number of imidazole rings is 1. The summed E-state index contributed by atoms with van der Waals surface area (Å²) in [5.74, 6) is 1.63. The van der Waals surface area contributed by atoms with Gasteiger partial charge in [0, 0.05) is 6.42 Å². The summed E-state index contributed by atoms with van der Waals surface area (Å²) in [7, 11) is 0. The van der Waals surface area contributed by atoms with E-state index in [0.717, 1.165) is 0 Å². The number of aromatic nitrogens is 2. The molecule has 0 fully saturated rings. The Morgan fingerprint density at radius 3 is 1.00 bits per heavy atom. The van der Waals surface area contributed by atoms with Crippen LogP contribution in [0.4, 0.5) is 0 Å². The van der Waals surface area contributed by atoms with E-state index in [2.05, 4.69) is 42.3 Å². The van der Waals surface area contributed by atoms with Crippen molar-refractivity contribution in [2.75, 3.05) is 0 Å². The second-order valence-electron chi connectivity index (χ2n) is 15.9. The number of hydrogen-bond donors (Lipinski definition) is 0. The van der Waals surface area contributed by atoms with Crippen LogP contribution in [-0.2, 0) is 19.5 Å². The van der Waals surface area contributed by atoms with Gasteiger partial charge in [-0.15, -0.1) is 0 Å². The van der Waals surface area contributed by atoms with Gasteiger partial charge in [-0.05, 0) is 32.1 Å². The van der Waals surface area contributed by atoms with Crippen LogP contribution in [0.5, 0.6) is 0 Å². The van der Waals surface area contributed by atoms with Gasteiger partial charge >= 0.3 is 0 Å². The summed E-state index contributed by atoms with van der Waals surface area (Å²) < 4.78 is 5.30. The van der Waals surface area contributed by atoms with Crippen molar-refractivity contribution < 1.29 is 4.57 Å². The molecular weight excluding hydrogens is 581 g/mol. The van der Waals surface area contributed by atoms with E-state index in [-0.39, 0.29) is 0 Å². The van der Waals surface area contributed by atoms with Crippen molar-refractivity contribution >= 4 is 0 Å². The van der Waals surface area contributed by atoms with E-state index in [1.54, 1.807) is 5.82 Å². The maximum absolute atomic E-state index is 2.65. The molecule has 1 rings (SSSR count). The van der Waals surface area contributed by atoms with Gasteiger partial charge in [0.1, 0.15) is 12.4 Å². The Labute approximate surface area is 304 Å². The zero-order chi connectivity index (χ0) is 34.4. The third-order valence-corrected chi connectivity index (χ3v) is 11.1. The maximum Gasteiger partial charge on any atom is 0.256 e. The molecule has 0 saturated carbocycles. The van der Waals surface area contributed by atoms with E-state index < -0.39 is 0 Å².